The van der Waals surface area contributed by atoms with Gasteiger partial charge >= 0.3 is 0 Å². The molecule has 0 radical (unpaired) electrons. The third-order valence-electron chi connectivity index (χ3n) is 2.88. The van der Waals surface area contributed by atoms with Gasteiger partial charge in [0.1, 0.15) is 6.10 Å². The lowest BCUT2D eigenvalue weighted by atomic mass is 10.2. The number of nitrogens with one attached hydrogen (secondary N) is 1. The van der Waals surface area contributed by atoms with Crippen molar-refractivity contribution in [2.45, 2.75) is 6.10 Å². The van der Waals surface area contributed by atoms with E-state index in [0.29, 0.717) is 10.9 Å². The molecule has 1 aromatic carbocycles. The smallest absolute Gasteiger partial charge is 0.244 e. The number of thiophene rings is 1. The second-order valence-corrected chi connectivity index (χ2v) is 6.10. The summed E-state index contributed by atoms with van der Waals surface area (Å²) in [6, 6.07) is 13.4. The summed E-state index contributed by atoms with van der Waals surface area (Å²) in [6.45, 7) is 0.408. The Hall–Kier alpha value is -1.62. The van der Waals surface area contributed by atoms with Crippen LogP contribution < -0.4 is 5.32 Å². The Morgan fingerprint density at radius 1 is 1.33 bits per heavy atom. The standard InChI is InChI=1S/C16H16ClNO2S/c1-20-13(14-8-9-15(17)21-14)11-18-16(19)10-7-12-5-3-2-4-6-12/h2-10,13H,11H2,1H3,(H,18,19)/b10-7+/t13-/m0/s1. The fourth-order valence-corrected chi connectivity index (χ4v) is 2.93. The minimum atomic E-state index is -0.184. The Morgan fingerprint density at radius 3 is 2.71 bits per heavy atom. The minimum absolute atomic E-state index is 0.149. The Morgan fingerprint density at radius 2 is 2.10 bits per heavy atom. The summed E-state index contributed by atoms with van der Waals surface area (Å²) >= 11 is 7.36. The Labute approximate surface area is 133 Å². The van der Waals surface area contributed by atoms with Crippen LogP contribution in [0.25, 0.3) is 6.08 Å². The molecule has 0 unspecified atom stereocenters. The van der Waals surface area contributed by atoms with Crippen molar-refractivity contribution < 1.29 is 9.53 Å². The molecule has 0 saturated heterocycles. The zero-order valence-corrected chi connectivity index (χ0v) is 13.2. The van der Waals surface area contributed by atoms with E-state index in [1.807, 2.05) is 42.5 Å². The lowest BCUT2D eigenvalue weighted by molar-refractivity contribution is -0.117. The van der Waals surface area contributed by atoms with Gasteiger partial charge in [0.2, 0.25) is 5.91 Å². The van der Waals surface area contributed by atoms with Gasteiger partial charge in [0.15, 0.2) is 0 Å². The van der Waals surface area contributed by atoms with Crippen molar-refractivity contribution >= 4 is 34.9 Å². The maximum Gasteiger partial charge on any atom is 0.244 e. The van der Waals surface area contributed by atoms with Crippen molar-refractivity contribution in [1.82, 2.24) is 5.32 Å². The highest BCUT2D eigenvalue weighted by Crippen LogP contribution is 2.28. The molecule has 1 amide bonds. The summed E-state index contributed by atoms with van der Waals surface area (Å²) < 4.78 is 6.09. The molecule has 2 rings (SSSR count). The number of carbonyl (C=O) groups excluding carboxylic acids is 1. The molecule has 0 aliphatic heterocycles. The summed E-state index contributed by atoms with van der Waals surface area (Å²) in [6.07, 6.45) is 3.11. The third-order valence-corrected chi connectivity index (χ3v) is 4.21. The minimum Gasteiger partial charge on any atom is -0.374 e. The predicted molar refractivity (Wildman–Crippen MR) is 87.6 cm³/mol. The van der Waals surface area contributed by atoms with Gasteiger partial charge in [-0.15, -0.1) is 11.3 Å². The topological polar surface area (TPSA) is 38.3 Å². The highest BCUT2D eigenvalue weighted by atomic mass is 35.5. The Balaban J connectivity index is 1.86. The van der Waals surface area contributed by atoms with Crippen LogP contribution in [0.5, 0.6) is 0 Å². The first-order valence-electron chi connectivity index (χ1n) is 6.48. The molecule has 0 fully saturated rings. The maximum absolute atomic E-state index is 11.8. The number of methoxy groups -OCH3 is 1. The first-order valence-corrected chi connectivity index (χ1v) is 7.67. The van der Waals surface area contributed by atoms with E-state index in [2.05, 4.69) is 5.32 Å². The number of benzene rings is 1. The van der Waals surface area contributed by atoms with Crippen LogP contribution in [-0.4, -0.2) is 19.6 Å². The normalized spacial score (nSPS) is 12.5. The molecule has 21 heavy (non-hydrogen) atoms. The molecule has 1 heterocycles. The van der Waals surface area contributed by atoms with E-state index in [0.717, 1.165) is 10.4 Å². The van der Waals surface area contributed by atoms with Gasteiger partial charge in [0, 0.05) is 24.6 Å². The number of amides is 1. The third kappa shape index (κ3) is 5.01. The molecular weight excluding hydrogens is 306 g/mol. The zero-order chi connectivity index (χ0) is 15.1. The van der Waals surface area contributed by atoms with E-state index < -0.39 is 0 Å². The molecule has 5 heteroatoms. The maximum atomic E-state index is 11.8. The molecule has 1 aromatic heterocycles. The van der Waals surface area contributed by atoms with Crippen molar-refractivity contribution in [1.29, 1.82) is 0 Å². The van der Waals surface area contributed by atoms with E-state index in [1.165, 1.54) is 17.4 Å². The summed E-state index contributed by atoms with van der Waals surface area (Å²) in [5, 5.41) is 2.82. The molecule has 0 bridgehead atoms. The van der Waals surface area contributed by atoms with Gasteiger partial charge in [-0.2, -0.15) is 0 Å². The predicted octanol–water partition coefficient (Wildman–Crippen LogP) is 3.92. The second-order valence-electron chi connectivity index (χ2n) is 4.36. The van der Waals surface area contributed by atoms with Crippen LogP contribution >= 0.6 is 22.9 Å². The Kier molecular flexibility index (Phi) is 5.99. The van der Waals surface area contributed by atoms with Gasteiger partial charge in [-0.1, -0.05) is 41.9 Å². The van der Waals surface area contributed by atoms with Gasteiger partial charge in [-0.05, 0) is 23.8 Å². The largest absolute Gasteiger partial charge is 0.374 e. The zero-order valence-electron chi connectivity index (χ0n) is 11.6. The molecule has 0 spiro atoms. The summed E-state index contributed by atoms with van der Waals surface area (Å²) in [5.41, 5.74) is 0.987. The number of halogens is 1. The van der Waals surface area contributed by atoms with Crippen molar-refractivity contribution in [3.63, 3.8) is 0 Å². The quantitative estimate of drug-likeness (QED) is 0.819. The fraction of sp³-hybridized carbons (Fsp3) is 0.188. The first-order chi connectivity index (χ1) is 10.2. The average molecular weight is 322 g/mol. The van der Waals surface area contributed by atoms with Crippen molar-refractivity contribution in [3.8, 4) is 0 Å². The van der Waals surface area contributed by atoms with Crippen LogP contribution in [0.4, 0.5) is 0 Å². The van der Waals surface area contributed by atoms with Gasteiger partial charge in [0.25, 0.3) is 0 Å². The van der Waals surface area contributed by atoms with E-state index in [1.54, 1.807) is 13.2 Å². The van der Waals surface area contributed by atoms with E-state index in [-0.39, 0.29) is 12.0 Å². The molecule has 3 nitrogen and oxygen atoms in total. The number of hydrogen-bond donors (Lipinski definition) is 1. The number of hydrogen-bond acceptors (Lipinski definition) is 3. The molecular formula is C16H16ClNO2S. The van der Waals surface area contributed by atoms with Gasteiger partial charge < -0.3 is 10.1 Å². The number of carbonyl (C=O) groups is 1. The highest BCUT2D eigenvalue weighted by molar-refractivity contribution is 7.16. The van der Waals surface area contributed by atoms with Gasteiger partial charge in [-0.3, -0.25) is 4.79 Å². The molecule has 0 aliphatic rings. The van der Waals surface area contributed by atoms with E-state index in [9.17, 15) is 4.79 Å². The van der Waals surface area contributed by atoms with Crippen LogP contribution in [0.3, 0.4) is 0 Å². The SMILES string of the molecule is CO[C@@H](CNC(=O)/C=C/c1ccccc1)c1ccc(Cl)s1. The highest BCUT2D eigenvalue weighted by Gasteiger charge is 2.13. The summed E-state index contributed by atoms with van der Waals surface area (Å²) in [4.78, 5) is 12.8. The van der Waals surface area contributed by atoms with Crippen LogP contribution in [0, 0.1) is 0 Å². The average Bonchev–Trinajstić information content (AvgIpc) is 2.93. The van der Waals surface area contributed by atoms with Crippen LogP contribution in [0.15, 0.2) is 48.5 Å². The van der Waals surface area contributed by atoms with Crippen molar-refractivity contribution in [2.24, 2.45) is 0 Å². The number of rotatable bonds is 6. The lowest BCUT2D eigenvalue weighted by Crippen LogP contribution is -2.27. The molecule has 110 valence electrons. The van der Waals surface area contributed by atoms with Crippen LogP contribution in [0.2, 0.25) is 4.34 Å². The molecule has 2 aromatic rings. The molecule has 1 atom stereocenters. The first kappa shape index (κ1) is 15.8. The number of ether oxygens (including phenoxy) is 1. The van der Waals surface area contributed by atoms with Crippen LogP contribution in [-0.2, 0) is 9.53 Å². The summed E-state index contributed by atoms with van der Waals surface area (Å²) in [7, 11) is 1.62. The second kappa shape index (κ2) is 7.98. The van der Waals surface area contributed by atoms with Gasteiger partial charge in [-0.25, -0.2) is 0 Å². The Bertz CT molecular complexity index is 610. The molecule has 0 saturated carbocycles. The van der Waals surface area contributed by atoms with Crippen molar-refractivity contribution in [3.05, 3.63) is 63.3 Å². The lowest BCUT2D eigenvalue weighted by Gasteiger charge is -2.13. The monoisotopic (exact) mass is 321 g/mol. The molecule has 1 N–H and O–H groups in total. The fourth-order valence-electron chi connectivity index (χ4n) is 1.79. The van der Waals surface area contributed by atoms with Crippen molar-refractivity contribution in [2.75, 3.05) is 13.7 Å². The summed E-state index contributed by atoms with van der Waals surface area (Å²) in [5.74, 6) is -0.149. The van der Waals surface area contributed by atoms with E-state index >= 15 is 0 Å². The van der Waals surface area contributed by atoms with E-state index in [4.69, 9.17) is 16.3 Å². The van der Waals surface area contributed by atoms with Gasteiger partial charge in [0.05, 0.1) is 4.34 Å². The molecule has 0 aliphatic carbocycles. The van der Waals surface area contributed by atoms with Crippen LogP contribution in [0.1, 0.15) is 16.5 Å².